The number of methoxy groups -OCH3 is 2. The van der Waals surface area contributed by atoms with Crippen molar-refractivity contribution in [3.63, 3.8) is 0 Å². The molecule has 0 unspecified atom stereocenters. The van der Waals surface area contributed by atoms with E-state index < -0.39 is 22.2 Å². The van der Waals surface area contributed by atoms with Crippen LogP contribution in [0.5, 0.6) is 11.5 Å². The number of hydrogen-bond donors (Lipinski definition) is 2. The summed E-state index contributed by atoms with van der Waals surface area (Å²) in [5, 5.41) is 10.9. The van der Waals surface area contributed by atoms with E-state index in [1.54, 1.807) is 42.5 Å². The maximum atomic E-state index is 13.0. The molecule has 1 aliphatic rings. The molecule has 2 aromatic rings. The molecule has 11 heteroatoms. The van der Waals surface area contributed by atoms with Crippen molar-refractivity contribution < 1.29 is 32.6 Å². The topological polar surface area (TPSA) is 125 Å². The van der Waals surface area contributed by atoms with Gasteiger partial charge in [0.05, 0.1) is 27.3 Å². The molecular formula is C20H23N3O7S. The quantitative estimate of drug-likeness (QED) is 0.626. The molecule has 0 radical (unpaired) electrons. The molecule has 0 bridgehead atoms. The first-order valence-electron chi connectivity index (χ1n) is 9.30. The number of nitrogens with one attached hydrogen (secondary N) is 1. The Labute approximate surface area is 180 Å². The first-order valence-corrected chi connectivity index (χ1v) is 10.7. The summed E-state index contributed by atoms with van der Waals surface area (Å²) in [6, 6.07) is 11.8. The van der Waals surface area contributed by atoms with E-state index in [-0.39, 0.29) is 26.2 Å². The first-order chi connectivity index (χ1) is 14.7. The van der Waals surface area contributed by atoms with Crippen LogP contribution in [0.3, 0.4) is 0 Å². The van der Waals surface area contributed by atoms with Crippen molar-refractivity contribution in [2.75, 3.05) is 20.8 Å². The summed E-state index contributed by atoms with van der Waals surface area (Å²) in [6.07, 6.45) is -1.13. The normalized spacial score (nSPS) is 15.7. The highest BCUT2D eigenvalue weighted by Crippen LogP contribution is 2.29. The molecule has 10 nitrogen and oxygen atoms in total. The third-order valence-electron chi connectivity index (χ3n) is 4.83. The molecule has 3 rings (SSSR count). The highest BCUT2D eigenvalue weighted by molar-refractivity contribution is 7.87. The van der Waals surface area contributed by atoms with Crippen LogP contribution < -0.4 is 14.8 Å². The molecule has 166 valence electrons. The summed E-state index contributed by atoms with van der Waals surface area (Å²) in [4.78, 5) is 23.1. The van der Waals surface area contributed by atoms with Gasteiger partial charge in [0, 0.05) is 24.7 Å². The van der Waals surface area contributed by atoms with Gasteiger partial charge < -0.3 is 19.9 Å². The van der Waals surface area contributed by atoms with Crippen LogP contribution in [0.25, 0.3) is 0 Å². The molecule has 1 heterocycles. The Morgan fingerprint density at radius 1 is 1.06 bits per heavy atom. The van der Waals surface area contributed by atoms with Crippen LogP contribution in [0.1, 0.15) is 16.7 Å². The lowest BCUT2D eigenvalue weighted by Crippen LogP contribution is -2.33. The van der Waals surface area contributed by atoms with Crippen molar-refractivity contribution in [1.29, 1.82) is 0 Å². The minimum atomic E-state index is -4.01. The highest BCUT2D eigenvalue weighted by atomic mass is 32.2. The molecule has 1 fully saturated rings. The lowest BCUT2D eigenvalue weighted by molar-refractivity contribution is -0.125. The number of carbonyl (C=O) groups is 2. The van der Waals surface area contributed by atoms with Gasteiger partial charge in [0.1, 0.15) is 11.5 Å². The molecule has 2 aromatic carbocycles. The summed E-state index contributed by atoms with van der Waals surface area (Å²) in [6.45, 7) is -0.238. The van der Waals surface area contributed by atoms with Crippen LogP contribution in [0.15, 0.2) is 42.5 Å². The highest BCUT2D eigenvalue weighted by Gasteiger charge is 2.42. The summed E-state index contributed by atoms with van der Waals surface area (Å²) in [7, 11) is -1.04. The van der Waals surface area contributed by atoms with E-state index in [0.29, 0.717) is 22.6 Å². The van der Waals surface area contributed by atoms with E-state index in [1.807, 2.05) is 0 Å². The van der Waals surface area contributed by atoms with E-state index in [1.165, 1.54) is 14.2 Å². The fourth-order valence-electron chi connectivity index (χ4n) is 3.17. The molecular weight excluding hydrogens is 426 g/mol. The van der Waals surface area contributed by atoms with Crippen LogP contribution >= 0.6 is 0 Å². The van der Waals surface area contributed by atoms with E-state index in [9.17, 15) is 18.0 Å². The van der Waals surface area contributed by atoms with E-state index >= 15 is 0 Å². The Balaban J connectivity index is 1.73. The van der Waals surface area contributed by atoms with Crippen molar-refractivity contribution in [3.8, 4) is 11.5 Å². The van der Waals surface area contributed by atoms with Crippen LogP contribution in [0.4, 0.5) is 4.79 Å². The van der Waals surface area contributed by atoms with Crippen LogP contribution in [-0.2, 0) is 34.6 Å². The molecule has 0 atom stereocenters. The molecule has 2 N–H and O–H groups in total. The van der Waals surface area contributed by atoms with Crippen molar-refractivity contribution in [1.82, 2.24) is 13.9 Å². The van der Waals surface area contributed by atoms with Gasteiger partial charge in [-0.2, -0.15) is 12.7 Å². The van der Waals surface area contributed by atoms with E-state index in [0.717, 1.165) is 14.2 Å². The van der Waals surface area contributed by atoms with Crippen LogP contribution in [0, 0.1) is 0 Å². The summed E-state index contributed by atoms with van der Waals surface area (Å²) in [5.74, 6) is 0.450. The fourth-order valence-corrected chi connectivity index (χ4v) is 4.65. The minimum Gasteiger partial charge on any atom is -0.497 e. The van der Waals surface area contributed by atoms with Gasteiger partial charge in [-0.25, -0.2) is 9.10 Å². The maximum absolute atomic E-state index is 13.0. The van der Waals surface area contributed by atoms with Crippen molar-refractivity contribution in [2.45, 2.75) is 19.6 Å². The Bertz CT molecular complexity index is 1070. The SMILES string of the molecule is COc1ccc(CN2C(=O)CN(Cc3ccc(CNC(=O)O)cc3)S2(=O)=O)c(OC)c1. The Kier molecular flexibility index (Phi) is 6.66. The smallest absolute Gasteiger partial charge is 0.404 e. The molecule has 1 saturated heterocycles. The number of amides is 2. The van der Waals surface area contributed by atoms with E-state index in [2.05, 4.69) is 5.32 Å². The zero-order valence-electron chi connectivity index (χ0n) is 17.1. The zero-order valence-corrected chi connectivity index (χ0v) is 17.9. The maximum Gasteiger partial charge on any atom is 0.404 e. The second-order valence-corrected chi connectivity index (χ2v) is 8.68. The van der Waals surface area contributed by atoms with Gasteiger partial charge in [0.2, 0.25) is 0 Å². The Morgan fingerprint density at radius 3 is 2.35 bits per heavy atom. The molecule has 0 aromatic heterocycles. The van der Waals surface area contributed by atoms with Gasteiger partial charge in [-0.1, -0.05) is 24.3 Å². The van der Waals surface area contributed by atoms with Gasteiger partial charge in [0.15, 0.2) is 0 Å². The number of nitrogens with zero attached hydrogens (tertiary/aromatic N) is 2. The second kappa shape index (κ2) is 9.23. The van der Waals surface area contributed by atoms with Gasteiger partial charge in [-0.3, -0.25) is 4.79 Å². The summed E-state index contributed by atoms with van der Waals surface area (Å²) in [5.41, 5.74) is 1.96. The predicted octanol–water partition coefficient (Wildman–Crippen LogP) is 1.56. The summed E-state index contributed by atoms with van der Waals surface area (Å²) < 4.78 is 38.3. The third kappa shape index (κ3) is 5.06. The van der Waals surface area contributed by atoms with Crippen LogP contribution in [-0.4, -0.2) is 54.9 Å². The number of rotatable bonds is 8. The van der Waals surface area contributed by atoms with E-state index in [4.69, 9.17) is 14.6 Å². The third-order valence-corrected chi connectivity index (χ3v) is 6.63. The average molecular weight is 449 g/mol. The van der Waals surface area contributed by atoms with Crippen LogP contribution in [0.2, 0.25) is 0 Å². The molecule has 2 amide bonds. The van der Waals surface area contributed by atoms with Gasteiger partial charge in [-0.05, 0) is 23.3 Å². The molecule has 0 saturated carbocycles. The zero-order chi connectivity index (χ0) is 22.6. The van der Waals surface area contributed by atoms with Crippen molar-refractivity contribution >= 4 is 22.2 Å². The minimum absolute atomic E-state index is 0.0248. The standard InChI is InChI=1S/C20H23N3O7S/c1-29-17-8-7-16(18(9-17)30-2)12-23-19(24)13-22(31(23,27)28)11-15-5-3-14(4-6-15)10-21-20(25)26/h3-9,21H,10-13H2,1-2H3,(H,25,26). The lowest BCUT2D eigenvalue weighted by atomic mass is 10.1. The second-order valence-electron chi connectivity index (χ2n) is 6.83. The predicted molar refractivity (Wildman–Crippen MR) is 111 cm³/mol. The molecule has 1 aliphatic heterocycles. The number of hydrogen-bond acceptors (Lipinski definition) is 6. The summed E-state index contributed by atoms with van der Waals surface area (Å²) >= 11 is 0. The average Bonchev–Trinajstić information content (AvgIpc) is 2.96. The molecule has 0 spiro atoms. The Morgan fingerprint density at radius 2 is 1.74 bits per heavy atom. The molecule has 31 heavy (non-hydrogen) atoms. The monoisotopic (exact) mass is 449 g/mol. The largest absolute Gasteiger partial charge is 0.497 e. The first kappa shape index (κ1) is 22.4. The molecule has 0 aliphatic carbocycles. The number of carboxylic acid groups (broad SMARTS) is 1. The van der Waals surface area contributed by atoms with Gasteiger partial charge in [-0.15, -0.1) is 0 Å². The van der Waals surface area contributed by atoms with Crippen molar-refractivity contribution in [3.05, 3.63) is 59.2 Å². The Hall–Kier alpha value is -3.31. The fraction of sp³-hybridized carbons (Fsp3) is 0.300. The number of benzene rings is 2. The lowest BCUT2D eigenvalue weighted by Gasteiger charge is -2.20. The number of ether oxygens (including phenoxy) is 2. The van der Waals surface area contributed by atoms with Gasteiger partial charge >= 0.3 is 16.3 Å². The van der Waals surface area contributed by atoms with Crippen molar-refractivity contribution in [2.24, 2.45) is 0 Å². The van der Waals surface area contributed by atoms with Gasteiger partial charge in [0.25, 0.3) is 5.91 Å². The number of carbonyl (C=O) groups excluding carboxylic acids is 1.